The molecule has 1 aliphatic carbocycles. The van der Waals surface area contributed by atoms with E-state index in [4.69, 9.17) is 16.0 Å². The van der Waals surface area contributed by atoms with Gasteiger partial charge in [0.05, 0.1) is 36.5 Å². The van der Waals surface area contributed by atoms with Crippen molar-refractivity contribution in [3.8, 4) is 5.88 Å². The fourth-order valence-electron chi connectivity index (χ4n) is 3.45. The van der Waals surface area contributed by atoms with Crippen LogP contribution in [0.2, 0.25) is 0 Å². The Morgan fingerprint density at radius 3 is 2.73 bits per heavy atom. The number of aryl methyl sites for hydroxylation is 1. The Kier molecular flexibility index (Phi) is 6.87. The van der Waals surface area contributed by atoms with Crippen LogP contribution in [0.15, 0.2) is 12.4 Å². The summed E-state index contributed by atoms with van der Waals surface area (Å²) in [4.78, 5) is 11.8. The van der Waals surface area contributed by atoms with E-state index < -0.39 is 11.5 Å². The Hall–Kier alpha value is -2.73. The van der Waals surface area contributed by atoms with Gasteiger partial charge in [0.2, 0.25) is 11.8 Å². The minimum atomic E-state index is -0.802. The van der Waals surface area contributed by atoms with Gasteiger partial charge in [0.15, 0.2) is 0 Å². The molecule has 0 amide bonds. The molecule has 1 N–H and O–H groups in total. The highest BCUT2D eigenvalue weighted by Gasteiger charge is 2.27. The Bertz CT molecular complexity index is 899. The molecule has 0 atom stereocenters. The second-order valence-electron chi connectivity index (χ2n) is 8.06. The van der Waals surface area contributed by atoms with Crippen LogP contribution in [0.25, 0.3) is 4.85 Å². The van der Waals surface area contributed by atoms with E-state index in [0.29, 0.717) is 30.0 Å². The average Bonchev–Trinajstić information content (AvgIpc) is 3.11. The van der Waals surface area contributed by atoms with Crippen LogP contribution in [-0.2, 0) is 10.4 Å². The molecule has 0 aromatic carbocycles. The second-order valence-corrected chi connectivity index (χ2v) is 8.06. The minimum Gasteiger partial charge on any atom is -0.475 e. The fourth-order valence-corrected chi connectivity index (χ4v) is 3.45. The first-order chi connectivity index (χ1) is 14.3. The Morgan fingerprint density at radius 2 is 2.07 bits per heavy atom. The molecule has 2 aromatic heterocycles. The predicted molar refractivity (Wildman–Crippen MR) is 111 cm³/mol. The van der Waals surface area contributed by atoms with Crippen molar-refractivity contribution in [2.75, 3.05) is 18.5 Å². The van der Waals surface area contributed by atoms with Crippen molar-refractivity contribution < 1.29 is 13.9 Å². The molecule has 0 unspecified atom stereocenters. The maximum absolute atomic E-state index is 14.2. The third kappa shape index (κ3) is 5.25. The van der Waals surface area contributed by atoms with Gasteiger partial charge in [-0.1, -0.05) is 0 Å². The van der Waals surface area contributed by atoms with E-state index in [1.807, 2.05) is 13.8 Å². The Morgan fingerprint density at radius 1 is 1.33 bits per heavy atom. The molecule has 30 heavy (non-hydrogen) atoms. The van der Waals surface area contributed by atoms with E-state index in [1.165, 1.54) is 0 Å². The zero-order valence-corrected chi connectivity index (χ0v) is 18.0. The van der Waals surface area contributed by atoms with E-state index >= 15 is 0 Å². The zero-order chi connectivity index (χ0) is 21.7. The highest BCUT2D eigenvalue weighted by atomic mass is 19.1. The highest BCUT2D eigenvalue weighted by Crippen LogP contribution is 2.28. The molecule has 0 spiro atoms. The molecule has 0 bridgehead atoms. The fraction of sp³-hybridized carbons (Fsp3) is 0.619. The molecular formula is C21H29FN6O2. The molecule has 3 rings (SSSR count). The van der Waals surface area contributed by atoms with E-state index in [0.717, 1.165) is 38.5 Å². The molecular weight excluding hydrogens is 387 g/mol. The molecule has 0 aliphatic heterocycles. The van der Waals surface area contributed by atoms with Crippen molar-refractivity contribution >= 4 is 11.6 Å². The number of anilines is 2. The van der Waals surface area contributed by atoms with Gasteiger partial charge in [0.25, 0.3) is 5.88 Å². The summed E-state index contributed by atoms with van der Waals surface area (Å²) in [7, 11) is 0. The molecule has 0 saturated heterocycles. The molecule has 9 heteroatoms. The van der Waals surface area contributed by atoms with Gasteiger partial charge in [0.1, 0.15) is 0 Å². The summed E-state index contributed by atoms with van der Waals surface area (Å²) >= 11 is 0. The zero-order valence-electron chi connectivity index (χ0n) is 18.0. The molecule has 162 valence electrons. The van der Waals surface area contributed by atoms with Gasteiger partial charge in [-0.2, -0.15) is 19.2 Å². The van der Waals surface area contributed by atoms with Crippen molar-refractivity contribution in [1.82, 2.24) is 19.7 Å². The maximum atomic E-state index is 14.2. The number of rotatable bonds is 8. The van der Waals surface area contributed by atoms with Crippen LogP contribution in [0.4, 0.5) is 16.0 Å². The Labute approximate surface area is 176 Å². The van der Waals surface area contributed by atoms with Crippen molar-refractivity contribution in [2.24, 2.45) is 5.92 Å². The van der Waals surface area contributed by atoms with Gasteiger partial charge in [-0.15, -0.1) is 0 Å². The first-order valence-corrected chi connectivity index (χ1v) is 10.3. The normalized spacial score (nSPS) is 19.3. The monoisotopic (exact) mass is 416 g/mol. The van der Waals surface area contributed by atoms with Gasteiger partial charge in [-0.25, -0.2) is 11.6 Å². The molecule has 1 aliphatic rings. The SMILES string of the molecule is [C-]#[N+]C(C)(C)n1cc(Nc2ncc(F)c(OCC3CCC(OCC)CC3)n2)c(C)n1. The van der Waals surface area contributed by atoms with Gasteiger partial charge in [-0.3, -0.25) is 4.85 Å². The molecule has 1 fully saturated rings. The largest absolute Gasteiger partial charge is 0.475 e. The number of hydrogen-bond donors (Lipinski definition) is 1. The van der Waals surface area contributed by atoms with Crippen molar-refractivity contribution in [3.05, 3.63) is 35.3 Å². The minimum absolute atomic E-state index is 0.0639. The molecule has 8 nitrogen and oxygen atoms in total. The van der Waals surface area contributed by atoms with Crippen LogP contribution in [0.5, 0.6) is 5.88 Å². The highest BCUT2D eigenvalue weighted by molar-refractivity contribution is 5.55. The number of hydrogen-bond acceptors (Lipinski definition) is 6. The maximum Gasteiger partial charge on any atom is 0.319 e. The van der Waals surface area contributed by atoms with Crippen LogP contribution in [0, 0.1) is 25.2 Å². The lowest BCUT2D eigenvalue weighted by Crippen LogP contribution is -2.25. The third-order valence-electron chi connectivity index (χ3n) is 5.34. The lowest BCUT2D eigenvalue weighted by Gasteiger charge is -2.28. The van der Waals surface area contributed by atoms with Crippen molar-refractivity contribution in [3.63, 3.8) is 0 Å². The summed E-state index contributed by atoms with van der Waals surface area (Å²) in [6, 6.07) is 0. The lowest BCUT2D eigenvalue weighted by atomic mass is 9.88. The summed E-state index contributed by atoms with van der Waals surface area (Å²) in [5.74, 6) is -0.0744. The van der Waals surface area contributed by atoms with E-state index in [9.17, 15) is 4.39 Å². The van der Waals surface area contributed by atoms with Crippen LogP contribution >= 0.6 is 0 Å². The molecule has 2 aromatic rings. The lowest BCUT2D eigenvalue weighted by molar-refractivity contribution is 0.0194. The number of aromatic nitrogens is 4. The summed E-state index contributed by atoms with van der Waals surface area (Å²) in [6.07, 6.45) is 7.15. The first-order valence-electron chi connectivity index (χ1n) is 10.3. The summed E-state index contributed by atoms with van der Waals surface area (Å²) in [6.45, 7) is 15.8. The number of ether oxygens (including phenoxy) is 2. The van der Waals surface area contributed by atoms with Crippen LogP contribution in [-0.4, -0.2) is 39.1 Å². The van der Waals surface area contributed by atoms with Gasteiger partial charge in [0, 0.05) is 20.5 Å². The van der Waals surface area contributed by atoms with E-state index in [-0.39, 0.29) is 11.8 Å². The van der Waals surface area contributed by atoms with Gasteiger partial charge >= 0.3 is 5.66 Å². The molecule has 2 heterocycles. The smallest absolute Gasteiger partial charge is 0.319 e. The van der Waals surface area contributed by atoms with Crippen LogP contribution < -0.4 is 10.1 Å². The quantitative estimate of drug-likeness (QED) is 0.641. The number of halogens is 1. The number of nitrogens with zero attached hydrogens (tertiary/aromatic N) is 5. The standard InChI is InChI=1S/C21H29FN6O2/c1-6-29-16-9-7-15(8-10-16)13-30-19-17(22)11-24-20(26-19)25-18-12-28(27-14(18)2)21(3,4)23-5/h11-12,15-16H,6-10,13H2,1-4H3,(H,24,25,26). The van der Waals surface area contributed by atoms with Crippen molar-refractivity contribution in [2.45, 2.75) is 65.1 Å². The van der Waals surface area contributed by atoms with E-state index in [1.54, 1.807) is 24.7 Å². The summed E-state index contributed by atoms with van der Waals surface area (Å²) < 4.78 is 27.1. The number of nitrogens with one attached hydrogen (secondary N) is 1. The first kappa shape index (κ1) is 22.0. The average molecular weight is 417 g/mol. The summed E-state index contributed by atoms with van der Waals surface area (Å²) in [5.41, 5.74) is 0.538. The third-order valence-corrected chi connectivity index (χ3v) is 5.34. The van der Waals surface area contributed by atoms with Crippen LogP contribution in [0.1, 0.15) is 52.1 Å². The second kappa shape index (κ2) is 9.39. The Balaban J connectivity index is 1.63. The van der Waals surface area contributed by atoms with Crippen molar-refractivity contribution in [1.29, 1.82) is 0 Å². The van der Waals surface area contributed by atoms with Gasteiger partial charge in [-0.05, 0) is 45.4 Å². The van der Waals surface area contributed by atoms with E-state index in [2.05, 4.69) is 25.2 Å². The molecule has 1 saturated carbocycles. The van der Waals surface area contributed by atoms with Gasteiger partial charge < -0.3 is 14.8 Å². The molecule has 0 radical (unpaired) electrons. The summed E-state index contributed by atoms with van der Waals surface area (Å²) in [5, 5.41) is 7.42. The topological polar surface area (TPSA) is 78.5 Å². The predicted octanol–water partition coefficient (Wildman–Crippen LogP) is 4.45. The van der Waals surface area contributed by atoms with Crippen LogP contribution in [0.3, 0.4) is 0 Å².